The Labute approximate surface area is 111 Å². The number of aliphatic carboxylic acids is 2. The van der Waals surface area contributed by atoms with Crippen LogP contribution in [-0.2, 0) is 9.59 Å². The van der Waals surface area contributed by atoms with E-state index in [2.05, 4.69) is 10.2 Å². The summed E-state index contributed by atoms with van der Waals surface area (Å²) in [5.74, 6) is -2.61. The van der Waals surface area contributed by atoms with Crippen molar-refractivity contribution in [2.75, 3.05) is 26.7 Å². The molecule has 0 aromatic rings. The zero-order valence-electron chi connectivity index (χ0n) is 11.0. The molecule has 1 fully saturated rings. The third kappa shape index (κ3) is 4.40. The summed E-state index contributed by atoms with van der Waals surface area (Å²) >= 11 is 0. The number of rotatable bonds is 4. The summed E-state index contributed by atoms with van der Waals surface area (Å²) in [6, 6.07) is -1.98. The minimum atomic E-state index is -1.41. The molecule has 0 radical (unpaired) electrons. The van der Waals surface area contributed by atoms with Gasteiger partial charge < -0.3 is 25.3 Å². The Hall–Kier alpha value is -1.83. The first kappa shape index (κ1) is 15.2. The lowest BCUT2D eigenvalue weighted by Crippen LogP contribution is -2.58. The predicted molar refractivity (Wildman–Crippen MR) is 65.9 cm³/mol. The van der Waals surface area contributed by atoms with E-state index in [0.717, 1.165) is 0 Å². The molecular formula is C11H19N3O5. The molecule has 0 aromatic carbocycles. The minimum absolute atomic E-state index is 0.0435. The molecule has 0 aliphatic carbocycles. The monoisotopic (exact) mass is 273 g/mol. The molecule has 2 amide bonds. The van der Waals surface area contributed by atoms with Crippen LogP contribution in [0.1, 0.15) is 13.3 Å². The normalized spacial score (nSPS) is 21.8. The summed E-state index contributed by atoms with van der Waals surface area (Å²) < 4.78 is 0. The predicted octanol–water partition coefficient (Wildman–Crippen LogP) is -0.740. The fraction of sp³-hybridized carbons (Fsp3) is 0.727. The van der Waals surface area contributed by atoms with Gasteiger partial charge in [0.15, 0.2) is 0 Å². The smallest absolute Gasteiger partial charge is 0.326 e. The van der Waals surface area contributed by atoms with Gasteiger partial charge in [-0.1, -0.05) is 0 Å². The lowest BCUT2D eigenvalue weighted by atomic mass is 10.2. The van der Waals surface area contributed by atoms with Gasteiger partial charge in [0.1, 0.15) is 6.04 Å². The van der Waals surface area contributed by atoms with Gasteiger partial charge in [-0.15, -0.1) is 0 Å². The van der Waals surface area contributed by atoms with Gasteiger partial charge >= 0.3 is 18.0 Å². The number of likely N-dealkylation sites (N-methyl/N-ethyl adjacent to an activating group) is 1. The maximum Gasteiger partial charge on any atom is 0.326 e. The van der Waals surface area contributed by atoms with Gasteiger partial charge in [0.05, 0.1) is 6.42 Å². The maximum atomic E-state index is 12.0. The molecule has 2 unspecified atom stereocenters. The van der Waals surface area contributed by atoms with E-state index in [9.17, 15) is 14.4 Å². The summed E-state index contributed by atoms with van der Waals surface area (Å²) in [5.41, 5.74) is 0. The lowest BCUT2D eigenvalue weighted by molar-refractivity contribution is -0.145. The Balaban J connectivity index is 2.61. The zero-order valence-corrected chi connectivity index (χ0v) is 11.0. The Bertz CT molecular complexity index is 373. The second-order valence-electron chi connectivity index (χ2n) is 4.74. The summed E-state index contributed by atoms with van der Waals surface area (Å²) in [7, 11) is 1.94. The van der Waals surface area contributed by atoms with Crippen LogP contribution in [0.25, 0.3) is 0 Å². The van der Waals surface area contributed by atoms with Crippen LogP contribution in [0.15, 0.2) is 0 Å². The fourth-order valence-corrected chi connectivity index (χ4v) is 2.05. The number of carbonyl (C=O) groups is 3. The van der Waals surface area contributed by atoms with Gasteiger partial charge in [-0.3, -0.25) is 4.79 Å². The van der Waals surface area contributed by atoms with Crippen molar-refractivity contribution < 1.29 is 24.6 Å². The van der Waals surface area contributed by atoms with Gasteiger partial charge in [0.2, 0.25) is 0 Å². The number of hydrogen-bond acceptors (Lipinski definition) is 4. The van der Waals surface area contributed by atoms with Crippen LogP contribution in [0.2, 0.25) is 0 Å². The molecule has 19 heavy (non-hydrogen) atoms. The number of carboxylic acid groups (broad SMARTS) is 2. The first-order valence-corrected chi connectivity index (χ1v) is 6.01. The number of urea groups is 1. The minimum Gasteiger partial charge on any atom is -0.481 e. The Morgan fingerprint density at radius 1 is 1.32 bits per heavy atom. The average Bonchev–Trinajstić information content (AvgIpc) is 2.26. The van der Waals surface area contributed by atoms with E-state index in [-0.39, 0.29) is 6.04 Å². The maximum absolute atomic E-state index is 12.0. The highest BCUT2D eigenvalue weighted by atomic mass is 16.4. The second-order valence-corrected chi connectivity index (χ2v) is 4.74. The summed E-state index contributed by atoms with van der Waals surface area (Å²) in [6.07, 6.45) is -0.636. The van der Waals surface area contributed by atoms with E-state index in [4.69, 9.17) is 10.2 Å². The molecule has 0 spiro atoms. The quantitative estimate of drug-likeness (QED) is 0.622. The molecule has 1 aliphatic rings. The molecule has 1 aliphatic heterocycles. The van der Waals surface area contributed by atoms with Crippen LogP contribution in [0.4, 0.5) is 4.79 Å². The Morgan fingerprint density at radius 3 is 2.42 bits per heavy atom. The second kappa shape index (κ2) is 6.37. The van der Waals surface area contributed by atoms with Crippen LogP contribution in [0.3, 0.4) is 0 Å². The molecule has 8 nitrogen and oxygen atoms in total. The van der Waals surface area contributed by atoms with Crippen LogP contribution in [0, 0.1) is 0 Å². The van der Waals surface area contributed by atoms with E-state index in [1.165, 1.54) is 4.90 Å². The van der Waals surface area contributed by atoms with Crippen LogP contribution in [-0.4, -0.2) is 76.7 Å². The standard InChI is InChI=1S/C11H19N3O5/c1-7-6-13(2)3-4-14(7)11(19)12-8(10(17)18)5-9(15)16/h7-8H,3-6H2,1-2H3,(H,12,19)(H,15,16)(H,17,18). The van der Waals surface area contributed by atoms with Crippen molar-refractivity contribution in [3.63, 3.8) is 0 Å². The van der Waals surface area contributed by atoms with Gasteiger partial charge in [-0.2, -0.15) is 0 Å². The first-order valence-electron chi connectivity index (χ1n) is 6.01. The highest BCUT2D eigenvalue weighted by Gasteiger charge is 2.30. The molecule has 2 atom stereocenters. The largest absolute Gasteiger partial charge is 0.481 e. The fourth-order valence-electron chi connectivity index (χ4n) is 2.05. The van der Waals surface area contributed by atoms with Crippen LogP contribution >= 0.6 is 0 Å². The van der Waals surface area contributed by atoms with E-state index in [0.29, 0.717) is 19.6 Å². The number of amides is 2. The molecule has 1 saturated heterocycles. The summed E-state index contributed by atoms with van der Waals surface area (Å²) in [4.78, 5) is 37.0. The van der Waals surface area contributed by atoms with Crippen LogP contribution < -0.4 is 5.32 Å². The van der Waals surface area contributed by atoms with E-state index >= 15 is 0 Å². The van der Waals surface area contributed by atoms with Gasteiger partial charge in [0.25, 0.3) is 0 Å². The number of nitrogens with one attached hydrogen (secondary N) is 1. The number of hydrogen-bond donors (Lipinski definition) is 3. The molecule has 8 heteroatoms. The van der Waals surface area contributed by atoms with Crippen LogP contribution in [0.5, 0.6) is 0 Å². The van der Waals surface area contributed by atoms with Crippen molar-refractivity contribution in [2.24, 2.45) is 0 Å². The average molecular weight is 273 g/mol. The summed E-state index contributed by atoms with van der Waals surface area (Å²) in [5, 5.41) is 19.7. The molecule has 1 rings (SSSR count). The van der Waals surface area contributed by atoms with Crippen molar-refractivity contribution in [1.29, 1.82) is 0 Å². The summed E-state index contributed by atoms with van der Waals surface area (Å²) in [6.45, 7) is 3.75. The highest BCUT2D eigenvalue weighted by molar-refractivity contribution is 5.86. The number of carbonyl (C=O) groups excluding carboxylic acids is 1. The van der Waals surface area contributed by atoms with Crippen molar-refractivity contribution in [1.82, 2.24) is 15.1 Å². The molecule has 0 aromatic heterocycles. The lowest BCUT2D eigenvalue weighted by Gasteiger charge is -2.38. The molecule has 108 valence electrons. The highest BCUT2D eigenvalue weighted by Crippen LogP contribution is 2.08. The Morgan fingerprint density at radius 2 is 1.95 bits per heavy atom. The zero-order chi connectivity index (χ0) is 14.6. The van der Waals surface area contributed by atoms with Gasteiger partial charge in [-0.05, 0) is 14.0 Å². The SMILES string of the molecule is CC1CN(C)CCN1C(=O)NC(CC(=O)O)C(=O)O. The Kier molecular flexibility index (Phi) is 5.11. The topological polar surface area (TPSA) is 110 Å². The van der Waals surface area contributed by atoms with Crippen molar-refractivity contribution in [3.05, 3.63) is 0 Å². The molecule has 1 heterocycles. The molecule has 0 bridgehead atoms. The first-order chi connectivity index (χ1) is 8.81. The van der Waals surface area contributed by atoms with Gasteiger partial charge in [-0.25, -0.2) is 9.59 Å². The van der Waals surface area contributed by atoms with E-state index in [1.54, 1.807) is 0 Å². The molecule has 0 saturated carbocycles. The third-order valence-electron chi connectivity index (χ3n) is 3.07. The van der Waals surface area contributed by atoms with E-state index < -0.39 is 30.4 Å². The molecule has 3 N–H and O–H groups in total. The van der Waals surface area contributed by atoms with Crippen molar-refractivity contribution in [2.45, 2.75) is 25.4 Å². The van der Waals surface area contributed by atoms with Crippen molar-refractivity contribution in [3.8, 4) is 0 Å². The van der Waals surface area contributed by atoms with E-state index in [1.807, 2.05) is 14.0 Å². The third-order valence-corrected chi connectivity index (χ3v) is 3.07. The van der Waals surface area contributed by atoms with Crippen molar-refractivity contribution >= 4 is 18.0 Å². The number of carboxylic acids is 2. The number of nitrogens with zero attached hydrogens (tertiary/aromatic N) is 2. The molecular weight excluding hydrogens is 254 g/mol. The van der Waals surface area contributed by atoms with Gasteiger partial charge in [0, 0.05) is 25.7 Å². The number of piperazine rings is 1.